The number of tetrazole rings is 1. The monoisotopic (exact) mass is 559 g/mol. The number of carbonyl (C=O) groups is 2. The molecule has 2 heterocycles. The van der Waals surface area contributed by atoms with Crippen molar-refractivity contribution >= 4 is 28.4 Å². The number of fused-ring (bicyclic) bond motifs is 1. The van der Waals surface area contributed by atoms with E-state index < -0.39 is 11.9 Å². The van der Waals surface area contributed by atoms with Crippen molar-refractivity contribution in [3.8, 4) is 11.4 Å². The minimum Gasteiger partial charge on any atom is -0.361 e. The van der Waals surface area contributed by atoms with Crippen LogP contribution in [0.4, 0.5) is 10.1 Å². The molecule has 2 N–H and O–H groups in total. The molecule has 2 amide bonds. The van der Waals surface area contributed by atoms with Gasteiger partial charge in [0.1, 0.15) is 18.4 Å². The molecule has 1 unspecified atom stereocenters. The second-order valence-corrected chi connectivity index (χ2v) is 9.65. The summed E-state index contributed by atoms with van der Waals surface area (Å²) in [6, 6.07) is 30.9. The number of aromatic amines is 1. The first-order chi connectivity index (χ1) is 20.6. The average molecular weight is 560 g/mol. The summed E-state index contributed by atoms with van der Waals surface area (Å²) in [6.07, 6.45) is 1.76. The molecule has 0 aliphatic rings. The van der Waals surface area contributed by atoms with E-state index in [0.29, 0.717) is 23.4 Å². The highest BCUT2D eigenvalue weighted by atomic mass is 19.1. The molecular weight excluding hydrogens is 533 g/mol. The molecule has 0 spiro atoms. The zero-order chi connectivity index (χ0) is 28.9. The van der Waals surface area contributed by atoms with Crippen LogP contribution in [0.3, 0.4) is 0 Å². The number of halogens is 1. The summed E-state index contributed by atoms with van der Waals surface area (Å²) in [5.74, 6) is -0.898. The third kappa shape index (κ3) is 5.64. The van der Waals surface area contributed by atoms with Crippen molar-refractivity contribution in [3.63, 3.8) is 0 Å². The van der Waals surface area contributed by atoms with E-state index >= 15 is 0 Å². The lowest BCUT2D eigenvalue weighted by Crippen LogP contribution is -2.45. The maximum atomic E-state index is 14.1. The minimum absolute atomic E-state index is 0.253. The number of para-hydroxylation sites is 2. The van der Waals surface area contributed by atoms with Crippen LogP contribution in [0, 0.1) is 5.82 Å². The Morgan fingerprint density at radius 1 is 0.881 bits per heavy atom. The highest BCUT2D eigenvalue weighted by Crippen LogP contribution is 2.33. The van der Waals surface area contributed by atoms with Gasteiger partial charge in [0.05, 0.1) is 0 Å². The molecule has 6 aromatic rings. The Kier molecular flexibility index (Phi) is 7.50. The van der Waals surface area contributed by atoms with Gasteiger partial charge in [0.15, 0.2) is 0 Å². The van der Waals surface area contributed by atoms with Crippen LogP contribution in [0.25, 0.3) is 22.3 Å². The van der Waals surface area contributed by atoms with Gasteiger partial charge in [0.2, 0.25) is 11.7 Å². The molecule has 6 rings (SSSR count). The quantitative estimate of drug-likeness (QED) is 0.258. The van der Waals surface area contributed by atoms with Crippen molar-refractivity contribution in [2.75, 3.05) is 4.90 Å². The summed E-state index contributed by atoms with van der Waals surface area (Å²) in [4.78, 5) is 34.0. The Bertz CT molecular complexity index is 1820. The van der Waals surface area contributed by atoms with Crippen LogP contribution in [-0.4, -0.2) is 37.0 Å². The van der Waals surface area contributed by atoms with E-state index in [2.05, 4.69) is 25.7 Å². The second kappa shape index (κ2) is 11.8. The number of amides is 2. The van der Waals surface area contributed by atoms with E-state index in [-0.39, 0.29) is 24.1 Å². The number of nitrogens with zero attached hydrogens (tertiary/aromatic N) is 5. The number of hydrogen-bond acceptors (Lipinski definition) is 5. The topological polar surface area (TPSA) is 109 Å². The molecule has 2 aromatic heterocycles. The minimum atomic E-state index is -1.01. The lowest BCUT2D eigenvalue weighted by molar-refractivity contribution is -0.127. The maximum absolute atomic E-state index is 14.1. The zero-order valence-electron chi connectivity index (χ0n) is 22.4. The van der Waals surface area contributed by atoms with E-state index in [0.717, 1.165) is 16.5 Å². The van der Waals surface area contributed by atoms with E-state index in [1.54, 1.807) is 30.5 Å². The summed E-state index contributed by atoms with van der Waals surface area (Å²) in [6.45, 7) is 0.00885. The Balaban J connectivity index is 1.37. The number of hydrogen-bond donors (Lipinski definition) is 2. The number of nitrogens with one attached hydrogen (secondary N) is 2. The van der Waals surface area contributed by atoms with Crippen LogP contribution in [-0.2, 0) is 22.7 Å². The number of carbonyl (C=O) groups excluding carboxylic acids is 2. The summed E-state index contributed by atoms with van der Waals surface area (Å²) < 4.78 is 13.4. The molecule has 9 nitrogen and oxygen atoms in total. The first-order valence-corrected chi connectivity index (χ1v) is 13.4. The van der Waals surface area contributed by atoms with Gasteiger partial charge >= 0.3 is 0 Å². The predicted octanol–water partition coefficient (Wildman–Crippen LogP) is 5.05. The van der Waals surface area contributed by atoms with Crippen molar-refractivity contribution in [1.29, 1.82) is 0 Å². The molecule has 0 fully saturated rings. The molecule has 10 heteroatoms. The van der Waals surface area contributed by atoms with Crippen molar-refractivity contribution < 1.29 is 14.0 Å². The molecule has 42 heavy (non-hydrogen) atoms. The smallest absolute Gasteiger partial charge is 0.251 e. The van der Waals surface area contributed by atoms with Crippen LogP contribution >= 0.6 is 0 Å². The zero-order valence-corrected chi connectivity index (χ0v) is 22.4. The van der Waals surface area contributed by atoms with E-state index in [1.807, 2.05) is 72.8 Å². The lowest BCUT2D eigenvalue weighted by Gasteiger charge is -2.31. The Morgan fingerprint density at radius 2 is 1.57 bits per heavy atom. The lowest BCUT2D eigenvalue weighted by atomic mass is 10.0. The fraction of sp³-hybridized carbons (Fsp3) is 0.0938. The molecule has 1 atom stereocenters. The number of aromatic nitrogens is 5. The highest BCUT2D eigenvalue weighted by Gasteiger charge is 2.35. The van der Waals surface area contributed by atoms with Gasteiger partial charge in [0.25, 0.3) is 5.91 Å². The summed E-state index contributed by atoms with van der Waals surface area (Å²) in [5, 5.41) is 16.3. The number of rotatable bonds is 9. The largest absolute Gasteiger partial charge is 0.361 e. The van der Waals surface area contributed by atoms with Gasteiger partial charge in [-0.1, -0.05) is 66.7 Å². The van der Waals surface area contributed by atoms with Crippen LogP contribution < -0.4 is 10.2 Å². The summed E-state index contributed by atoms with van der Waals surface area (Å²) >= 11 is 0. The normalized spacial score (nSPS) is 11.7. The van der Waals surface area contributed by atoms with Gasteiger partial charge in [-0.3, -0.25) is 14.5 Å². The van der Waals surface area contributed by atoms with Crippen molar-refractivity contribution in [1.82, 2.24) is 30.5 Å². The van der Waals surface area contributed by atoms with Crippen molar-refractivity contribution in [3.05, 3.63) is 132 Å². The van der Waals surface area contributed by atoms with Gasteiger partial charge < -0.3 is 10.3 Å². The van der Waals surface area contributed by atoms with Gasteiger partial charge in [-0.05, 0) is 53.2 Å². The summed E-state index contributed by atoms with van der Waals surface area (Å²) in [5.41, 5.74) is 3.52. The van der Waals surface area contributed by atoms with Gasteiger partial charge in [-0.15, -0.1) is 10.2 Å². The van der Waals surface area contributed by atoms with Crippen molar-refractivity contribution in [2.24, 2.45) is 0 Å². The highest BCUT2D eigenvalue weighted by molar-refractivity contribution is 6.03. The van der Waals surface area contributed by atoms with Gasteiger partial charge in [-0.25, -0.2) is 4.39 Å². The van der Waals surface area contributed by atoms with Crippen LogP contribution in [0.15, 0.2) is 115 Å². The molecule has 0 saturated carbocycles. The van der Waals surface area contributed by atoms with E-state index in [4.69, 9.17) is 0 Å². The molecule has 0 radical (unpaired) electrons. The molecule has 0 aliphatic carbocycles. The fourth-order valence-electron chi connectivity index (χ4n) is 4.85. The standard InChI is InChI=1S/C32H26FN7O2/c33-24-17-15-23(16-18-24)31-36-38-39(37-31)21-29(41)40(25-11-5-2-6-12-25)30(27-20-34-28-14-8-7-13-26(27)28)32(42)35-19-22-9-3-1-4-10-22/h1-18,20,30,34H,19,21H2,(H,35,42). The van der Waals surface area contributed by atoms with Crippen LogP contribution in [0.5, 0.6) is 0 Å². The molecule has 0 saturated heterocycles. The van der Waals surface area contributed by atoms with Crippen molar-refractivity contribution in [2.45, 2.75) is 19.1 Å². The number of anilines is 1. The number of benzene rings is 4. The maximum Gasteiger partial charge on any atom is 0.251 e. The molecular formula is C32H26FN7O2. The Labute approximate surface area is 240 Å². The molecule has 4 aromatic carbocycles. The molecule has 0 bridgehead atoms. The average Bonchev–Trinajstić information content (AvgIpc) is 3.67. The first kappa shape index (κ1) is 26.6. The van der Waals surface area contributed by atoms with Crippen LogP contribution in [0.2, 0.25) is 0 Å². The second-order valence-electron chi connectivity index (χ2n) is 9.65. The SMILES string of the molecule is O=C(NCc1ccccc1)C(c1c[nH]c2ccccc12)N(C(=O)Cn1nnc(-c2ccc(F)cc2)n1)c1ccccc1. The van der Waals surface area contributed by atoms with Crippen LogP contribution in [0.1, 0.15) is 17.2 Å². The molecule has 0 aliphatic heterocycles. The Morgan fingerprint density at radius 3 is 2.33 bits per heavy atom. The van der Waals surface area contributed by atoms with Gasteiger partial charge in [-0.2, -0.15) is 4.80 Å². The molecule has 208 valence electrons. The first-order valence-electron chi connectivity index (χ1n) is 13.4. The summed E-state index contributed by atoms with van der Waals surface area (Å²) in [7, 11) is 0. The number of H-pyrrole nitrogens is 1. The van der Waals surface area contributed by atoms with Gasteiger partial charge in [0, 0.05) is 40.5 Å². The third-order valence-electron chi connectivity index (χ3n) is 6.87. The Hall–Kier alpha value is -5.64. The van der Waals surface area contributed by atoms with E-state index in [9.17, 15) is 14.0 Å². The third-order valence-corrected chi connectivity index (χ3v) is 6.87. The predicted molar refractivity (Wildman–Crippen MR) is 156 cm³/mol. The fourth-order valence-corrected chi connectivity index (χ4v) is 4.85. The van der Waals surface area contributed by atoms with E-state index in [1.165, 1.54) is 21.8 Å².